The van der Waals surface area contributed by atoms with Crippen molar-refractivity contribution < 1.29 is 24.2 Å². The molecule has 1 rings (SSSR count). The molecule has 0 aromatic heterocycles. The first kappa shape index (κ1) is 41.9. The van der Waals surface area contributed by atoms with E-state index < -0.39 is 0 Å². The number of rotatable bonds is 29. The van der Waals surface area contributed by atoms with Gasteiger partial charge in [-0.15, -0.1) is 0 Å². The van der Waals surface area contributed by atoms with Gasteiger partial charge in [-0.1, -0.05) is 124 Å². The number of hydrogen-bond acceptors (Lipinski definition) is 6. The molecule has 1 aliphatic rings. The lowest BCUT2D eigenvalue weighted by molar-refractivity contribution is -0.151. The van der Waals surface area contributed by atoms with Gasteiger partial charge in [0.25, 0.3) is 6.47 Å². The molecule has 0 aliphatic heterocycles. The predicted molar refractivity (Wildman–Crippen MR) is 181 cm³/mol. The van der Waals surface area contributed by atoms with Crippen molar-refractivity contribution in [2.75, 3.05) is 32.8 Å². The van der Waals surface area contributed by atoms with Crippen molar-refractivity contribution in [1.82, 2.24) is 4.90 Å². The van der Waals surface area contributed by atoms with Gasteiger partial charge in [0.15, 0.2) is 0 Å². The van der Waals surface area contributed by atoms with Crippen LogP contribution in [-0.2, 0) is 19.1 Å². The van der Waals surface area contributed by atoms with Gasteiger partial charge in [-0.25, -0.2) is 0 Å². The Morgan fingerprint density at radius 1 is 0.674 bits per heavy atom. The Hall–Kier alpha value is -1.14. The molecule has 0 unspecified atom stereocenters. The number of aliphatic hydroxyl groups excluding tert-OH is 1. The Kier molecular flexibility index (Phi) is 32.9. The van der Waals surface area contributed by atoms with Gasteiger partial charge in [0.05, 0.1) is 13.2 Å². The molecule has 0 aromatic carbocycles. The van der Waals surface area contributed by atoms with Gasteiger partial charge in [0.2, 0.25) is 0 Å². The second-order valence-corrected chi connectivity index (χ2v) is 12.9. The molecule has 0 spiro atoms. The molecule has 6 nitrogen and oxygen atoms in total. The molecule has 1 N–H and O–H groups in total. The lowest BCUT2D eigenvalue weighted by atomic mass is 9.84. The molecule has 6 heteroatoms. The summed E-state index contributed by atoms with van der Waals surface area (Å²) in [6, 6.07) is 0. The molecular formula is C37H73NO5. The average Bonchev–Trinajstić information content (AvgIpc) is 3.01. The Balaban J connectivity index is 0.00000123. The number of carbonyl (C=O) groups excluding carboxylic acids is 2. The number of carbonyl (C=O) groups is 2. The van der Waals surface area contributed by atoms with E-state index in [1.807, 2.05) is 0 Å². The summed E-state index contributed by atoms with van der Waals surface area (Å²) >= 11 is 0. The molecule has 256 valence electrons. The van der Waals surface area contributed by atoms with Crippen molar-refractivity contribution in [2.45, 2.75) is 187 Å². The number of aliphatic hydroxyl groups is 1. The van der Waals surface area contributed by atoms with E-state index in [1.165, 1.54) is 116 Å². The lowest BCUT2D eigenvalue weighted by Crippen LogP contribution is -2.29. The van der Waals surface area contributed by atoms with Crippen LogP contribution in [0.15, 0.2) is 0 Å². The summed E-state index contributed by atoms with van der Waals surface area (Å²) in [5.41, 5.74) is 0. The number of ether oxygens (including phenoxy) is 2. The fourth-order valence-electron chi connectivity index (χ4n) is 6.03. The van der Waals surface area contributed by atoms with Crippen LogP contribution in [0.3, 0.4) is 0 Å². The molecule has 0 bridgehead atoms. The van der Waals surface area contributed by atoms with E-state index in [4.69, 9.17) is 4.74 Å². The largest absolute Gasteiger partial charge is 0.468 e. The van der Waals surface area contributed by atoms with Crippen LogP contribution in [0.1, 0.15) is 181 Å². The molecule has 1 aliphatic carbocycles. The first-order valence-corrected chi connectivity index (χ1v) is 18.7. The van der Waals surface area contributed by atoms with Crippen molar-refractivity contribution in [3.8, 4) is 0 Å². The summed E-state index contributed by atoms with van der Waals surface area (Å²) in [7, 11) is 0. The maximum Gasteiger partial charge on any atom is 0.306 e. The monoisotopic (exact) mass is 612 g/mol. The third kappa shape index (κ3) is 29.3. The van der Waals surface area contributed by atoms with Crippen LogP contribution < -0.4 is 0 Å². The highest BCUT2D eigenvalue weighted by Crippen LogP contribution is 2.30. The third-order valence-electron chi connectivity index (χ3n) is 8.84. The SMILES string of the molecule is CCCCCCCCCOC=O.CCCCCCCCN(CCO)CCCCCC(=O)OC1CCC(CCCCC)CC1. The highest BCUT2D eigenvalue weighted by atomic mass is 16.5. The van der Waals surface area contributed by atoms with E-state index in [2.05, 4.69) is 30.4 Å². The van der Waals surface area contributed by atoms with E-state index in [-0.39, 0.29) is 18.7 Å². The van der Waals surface area contributed by atoms with E-state index in [0.29, 0.717) is 19.5 Å². The molecule has 0 radical (unpaired) electrons. The van der Waals surface area contributed by atoms with Gasteiger partial charge in [0, 0.05) is 13.0 Å². The summed E-state index contributed by atoms with van der Waals surface area (Å²) in [5.74, 6) is 0.869. The normalized spacial score (nSPS) is 16.5. The van der Waals surface area contributed by atoms with E-state index in [0.717, 1.165) is 64.1 Å². The van der Waals surface area contributed by atoms with Gasteiger partial charge in [-0.2, -0.15) is 0 Å². The van der Waals surface area contributed by atoms with Crippen molar-refractivity contribution in [3.05, 3.63) is 0 Å². The Morgan fingerprint density at radius 3 is 1.74 bits per heavy atom. The van der Waals surface area contributed by atoms with Crippen LogP contribution in [0.4, 0.5) is 0 Å². The van der Waals surface area contributed by atoms with Gasteiger partial charge >= 0.3 is 5.97 Å². The number of unbranched alkanes of at least 4 members (excludes halogenated alkanes) is 15. The molecule has 0 atom stereocenters. The molecule has 43 heavy (non-hydrogen) atoms. The molecule has 0 saturated heterocycles. The average molecular weight is 612 g/mol. The number of esters is 1. The van der Waals surface area contributed by atoms with Crippen LogP contribution in [0.5, 0.6) is 0 Å². The minimum absolute atomic E-state index is 0.00808. The summed E-state index contributed by atoms with van der Waals surface area (Å²) in [4.78, 5) is 24.3. The molecule has 0 heterocycles. The van der Waals surface area contributed by atoms with Crippen molar-refractivity contribution in [3.63, 3.8) is 0 Å². The zero-order chi connectivity index (χ0) is 31.6. The molecule has 0 aromatic rings. The lowest BCUT2D eigenvalue weighted by Gasteiger charge is -2.28. The van der Waals surface area contributed by atoms with Crippen LogP contribution in [0.25, 0.3) is 0 Å². The van der Waals surface area contributed by atoms with E-state index in [9.17, 15) is 14.7 Å². The summed E-state index contributed by atoms with van der Waals surface area (Å²) in [6.07, 6.45) is 30.5. The molecule has 1 saturated carbocycles. The van der Waals surface area contributed by atoms with Crippen molar-refractivity contribution in [1.29, 1.82) is 0 Å². The zero-order valence-electron chi connectivity index (χ0n) is 29.0. The fourth-order valence-corrected chi connectivity index (χ4v) is 6.03. The summed E-state index contributed by atoms with van der Waals surface area (Å²) in [5, 5.41) is 9.31. The molecular weight excluding hydrogens is 538 g/mol. The maximum absolute atomic E-state index is 12.2. The van der Waals surface area contributed by atoms with Crippen LogP contribution in [0, 0.1) is 5.92 Å². The summed E-state index contributed by atoms with van der Waals surface area (Å²) in [6.45, 7) is 11.0. The Morgan fingerprint density at radius 2 is 1.19 bits per heavy atom. The number of hydrogen-bond donors (Lipinski definition) is 1. The quantitative estimate of drug-likeness (QED) is 0.0515. The van der Waals surface area contributed by atoms with Crippen LogP contribution in [0.2, 0.25) is 0 Å². The van der Waals surface area contributed by atoms with Gasteiger partial charge in [-0.3, -0.25) is 9.59 Å². The first-order chi connectivity index (χ1) is 21.1. The van der Waals surface area contributed by atoms with Crippen LogP contribution >= 0.6 is 0 Å². The standard InChI is InChI=1S/C27H53NO3.C10H20O2/c1-3-5-7-8-9-13-21-28(23-24-29)22-14-10-12-16-27(30)31-26-19-17-25(18-20-26)15-11-6-4-2;1-2-3-4-5-6-7-8-9-12-10-11/h25-26,29H,3-24H2,1-2H3;10H,2-9H2,1H3. The predicted octanol–water partition coefficient (Wildman–Crippen LogP) is 9.79. The highest BCUT2D eigenvalue weighted by molar-refractivity contribution is 5.69. The second-order valence-electron chi connectivity index (χ2n) is 12.9. The topological polar surface area (TPSA) is 76.1 Å². The molecule has 0 amide bonds. The number of nitrogens with zero attached hydrogens (tertiary/aromatic N) is 1. The zero-order valence-corrected chi connectivity index (χ0v) is 29.0. The van der Waals surface area contributed by atoms with Gasteiger partial charge in [0.1, 0.15) is 6.10 Å². The van der Waals surface area contributed by atoms with Gasteiger partial charge < -0.3 is 19.5 Å². The third-order valence-corrected chi connectivity index (χ3v) is 8.84. The van der Waals surface area contributed by atoms with Crippen molar-refractivity contribution >= 4 is 12.4 Å². The minimum atomic E-state index is 0.00808. The Bertz CT molecular complexity index is 579. The van der Waals surface area contributed by atoms with E-state index >= 15 is 0 Å². The fraction of sp³-hybridized carbons (Fsp3) is 0.946. The minimum Gasteiger partial charge on any atom is -0.468 e. The van der Waals surface area contributed by atoms with Gasteiger partial charge in [-0.05, 0) is 70.4 Å². The second kappa shape index (κ2) is 33.7. The first-order valence-electron chi connectivity index (χ1n) is 18.7. The summed E-state index contributed by atoms with van der Waals surface area (Å²) < 4.78 is 10.3. The molecule has 1 fully saturated rings. The highest BCUT2D eigenvalue weighted by Gasteiger charge is 2.23. The Labute approximate surface area is 267 Å². The maximum atomic E-state index is 12.2. The van der Waals surface area contributed by atoms with Crippen LogP contribution in [-0.4, -0.2) is 61.4 Å². The van der Waals surface area contributed by atoms with Crippen molar-refractivity contribution in [2.24, 2.45) is 5.92 Å². The van der Waals surface area contributed by atoms with E-state index in [1.54, 1.807) is 0 Å². The smallest absolute Gasteiger partial charge is 0.306 e.